The zero-order valence-corrected chi connectivity index (χ0v) is 9.58. The third-order valence-electron chi connectivity index (χ3n) is 0. The zero-order chi connectivity index (χ0) is 4.50. The van der Waals surface area contributed by atoms with Gasteiger partial charge in [-0.3, -0.25) is 0 Å². The topological polar surface area (TPSA) is 112 Å². The van der Waals surface area contributed by atoms with Gasteiger partial charge in [0.05, 0.1) is 0 Å². The predicted octanol–water partition coefficient (Wildman–Crippen LogP) is -4.78. The minimum atomic E-state index is -4.61. The maximum atomic E-state index is 7.33. The van der Waals surface area contributed by atoms with E-state index in [4.69, 9.17) is 19.2 Å². The van der Waals surface area contributed by atoms with E-state index in [9.17, 15) is 0 Å². The normalized spacial score (nSPS) is 6.67. The van der Waals surface area contributed by atoms with Crippen LogP contribution in [0.25, 0.3) is 0 Å². The molecule has 0 saturated carbocycles. The smallest absolute Gasteiger partial charge is 1.00 e. The molecule has 6 N–H and O–H groups in total. The van der Waals surface area contributed by atoms with Crippen molar-refractivity contribution < 1.29 is 47.0 Å². The summed E-state index contributed by atoms with van der Waals surface area (Å²) in [6, 6.07) is 0. The van der Waals surface area contributed by atoms with E-state index >= 15 is 0 Å². The minimum Gasteiger partial charge on any atom is -1.00 e. The molecule has 0 aromatic rings. The van der Waals surface area contributed by atoms with Crippen molar-refractivity contribution in [1.82, 2.24) is 0 Å². The van der Waals surface area contributed by atoms with E-state index in [1.54, 1.807) is 0 Å². The second-order valence-electron chi connectivity index (χ2n) is 0.600. The van der Waals surface area contributed by atoms with Gasteiger partial charge in [-0.1, -0.05) is 0 Å². The Morgan fingerprint density at radius 1 is 1.00 bits per heavy atom. The van der Waals surface area contributed by atoms with Crippen LogP contribution in [0, 0.1) is 0 Å². The molecule has 0 unspecified atom stereocenters. The summed E-state index contributed by atoms with van der Waals surface area (Å²) in [7, 11) is -4.61. The Balaban J connectivity index is -0.00000000533. The predicted molar refractivity (Wildman–Crippen MR) is 36.2 cm³/mol. The Bertz CT molecular complexity index is 40.0. The van der Waals surface area contributed by atoms with Gasteiger partial charge in [0.2, 0.25) is 0 Å². The van der Waals surface area contributed by atoms with Crippen molar-refractivity contribution in [3.05, 3.63) is 0 Å². The number of hydrogen-bond acceptors (Lipinski definition) is 4. The van der Waals surface area contributed by atoms with E-state index in [1.165, 1.54) is 0 Å². The molecule has 9 heavy (non-hydrogen) atoms. The van der Waals surface area contributed by atoms with Gasteiger partial charge in [0.15, 0.2) is 17.4 Å². The first-order valence-electron chi connectivity index (χ1n) is 0.894. The fourth-order valence-corrected chi connectivity index (χ4v) is 0. The molecule has 0 saturated heterocycles. The molecule has 0 aliphatic heterocycles. The molecule has 0 aromatic carbocycles. The van der Waals surface area contributed by atoms with E-state index in [-0.39, 0.29) is 68.2 Å². The Morgan fingerprint density at radius 3 is 1.00 bits per heavy atom. The van der Waals surface area contributed by atoms with Crippen molar-refractivity contribution in [3.63, 3.8) is 0 Å². The first kappa shape index (κ1) is 30.6. The van der Waals surface area contributed by atoms with Crippen molar-refractivity contribution in [2.45, 2.75) is 0 Å². The van der Waals surface area contributed by atoms with E-state index in [0.717, 1.165) is 0 Å². The van der Waals surface area contributed by atoms with Crippen molar-refractivity contribution in [2.24, 2.45) is 0 Å². The van der Waals surface area contributed by atoms with Gasteiger partial charge in [0.1, 0.15) is 0 Å². The van der Waals surface area contributed by atoms with E-state index < -0.39 is 9.05 Å². The van der Waals surface area contributed by atoms with Crippen LogP contribution in [-0.4, -0.2) is 74.1 Å². The van der Waals surface area contributed by atoms with Gasteiger partial charge >= 0.3 is 32.1 Å². The third kappa shape index (κ3) is 167. The molecule has 0 aliphatic carbocycles. The van der Waals surface area contributed by atoms with Crippen LogP contribution in [0.3, 0.4) is 0 Å². The molecule has 0 aliphatic rings. The van der Waals surface area contributed by atoms with Crippen LogP contribution in [0.2, 0.25) is 0 Å². The molecule has 0 rings (SSSR count). The fraction of sp³-hybridized carbons (Fsp3) is 0. The van der Waals surface area contributed by atoms with Gasteiger partial charge in [0.25, 0.3) is 0 Å². The Labute approximate surface area is 95.9 Å². The zero-order valence-electron chi connectivity index (χ0n) is 6.20. The average Bonchev–Trinajstić information content (AvgIpc) is 0.722. The summed E-state index contributed by atoms with van der Waals surface area (Å²) in [5.74, 6) is 0. The summed E-state index contributed by atoms with van der Waals surface area (Å²) < 4.78 is 0. The van der Waals surface area contributed by atoms with Gasteiger partial charge < -0.3 is 27.5 Å². The molecule has 5 nitrogen and oxygen atoms in total. The molecule has 0 bridgehead atoms. The molecule has 0 fully saturated rings. The minimum absolute atomic E-state index is 0. The van der Waals surface area contributed by atoms with E-state index in [0.29, 0.717) is 0 Å². The maximum Gasteiger partial charge on any atom is 2.00 e. The molecular formula is H11AlMgO5SiZn. The summed E-state index contributed by atoms with van der Waals surface area (Å²) in [6.07, 6.45) is 0. The summed E-state index contributed by atoms with van der Waals surface area (Å²) in [4.78, 5) is 29.3. The van der Waals surface area contributed by atoms with E-state index in [2.05, 4.69) is 0 Å². The molecule has 0 amide bonds. The van der Waals surface area contributed by atoms with Crippen molar-refractivity contribution in [2.75, 3.05) is 0 Å². The largest absolute Gasteiger partial charge is 2.00 e. The maximum absolute atomic E-state index is 7.33. The summed E-state index contributed by atoms with van der Waals surface area (Å²) >= 11 is 0. The Morgan fingerprint density at radius 2 is 1.00 bits per heavy atom. The number of rotatable bonds is 0. The van der Waals surface area contributed by atoms with Crippen LogP contribution < -0.4 is 0 Å². The molecule has 0 spiro atoms. The van der Waals surface area contributed by atoms with Gasteiger partial charge in [-0.2, -0.15) is 0 Å². The Kier molecular flexibility index (Phi) is 42.9. The van der Waals surface area contributed by atoms with Crippen molar-refractivity contribution >= 4 is 49.5 Å². The summed E-state index contributed by atoms with van der Waals surface area (Å²) in [5, 5.41) is 0. The van der Waals surface area contributed by atoms with E-state index in [1.807, 2.05) is 0 Å². The molecule has 0 atom stereocenters. The molecule has 0 heterocycles. The van der Waals surface area contributed by atoms with Gasteiger partial charge in [-0.15, -0.1) is 0 Å². The van der Waals surface area contributed by atoms with Crippen LogP contribution in [0.5, 0.6) is 0 Å². The van der Waals surface area contributed by atoms with Gasteiger partial charge in [-0.05, 0) is 0 Å². The van der Waals surface area contributed by atoms with Crippen LogP contribution >= 0.6 is 0 Å². The van der Waals surface area contributed by atoms with Crippen LogP contribution in [-0.2, 0) is 19.5 Å². The molecule has 52 valence electrons. The molecule has 0 radical (unpaired) electrons. The Hall–Kier alpha value is 1.94. The second kappa shape index (κ2) is 12.6. The second-order valence-corrected chi connectivity index (χ2v) is 1.80. The quantitative estimate of drug-likeness (QED) is 0.316. The first-order chi connectivity index (χ1) is 2.00. The van der Waals surface area contributed by atoms with Crippen molar-refractivity contribution in [3.8, 4) is 0 Å². The van der Waals surface area contributed by atoms with Crippen LogP contribution in [0.4, 0.5) is 0 Å². The fourth-order valence-electron chi connectivity index (χ4n) is 0. The van der Waals surface area contributed by atoms with Crippen LogP contribution in [0.15, 0.2) is 0 Å². The van der Waals surface area contributed by atoms with Crippen molar-refractivity contribution in [1.29, 1.82) is 0 Å². The molecule has 0 aromatic heterocycles. The van der Waals surface area contributed by atoms with Crippen LogP contribution in [0.1, 0.15) is 2.85 Å². The first-order valence-corrected chi connectivity index (χ1v) is 2.68. The van der Waals surface area contributed by atoms with Gasteiger partial charge in [0, 0.05) is 19.5 Å². The average molecular weight is 236 g/mol. The standard InChI is InChI=1S/Al.Mg.H4O4Si.H2O.Zn.5H/c;;1-5(2,3)4;;;;;;;/h;;1-4H;1H2;;;;;;/q;+2;;;;;;;2*-1. The SMILES string of the molecule is O.O[Si](O)(O)O.[AlH3].[H-].[H-].[Mg+2].[Zn]. The summed E-state index contributed by atoms with van der Waals surface area (Å²) in [5.41, 5.74) is 0. The third-order valence-corrected chi connectivity index (χ3v) is 0. The van der Waals surface area contributed by atoms with Gasteiger partial charge in [-0.25, -0.2) is 0 Å². The molecular weight excluding hydrogens is 225 g/mol. The molecule has 9 heteroatoms. The summed E-state index contributed by atoms with van der Waals surface area (Å²) in [6.45, 7) is 0. The monoisotopic (exact) mass is 234 g/mol. The number of hydrogen-bond donors (Lipinski definition) is 4.